The Hall–Kier alpha value is -2.25. The van der Waals surface area contributed by atoms with Gasteiger partial charge in [0.25, 0.3) is 5.91 Å². The number of halogens is 2. The minimum atomic E-state index is -0.126. The number of carbonyl (C=O) groups excluding carboxylic acids is 1. The molecule has 0 bridgehead atoms. The number of nitrogens with two attached hydrogens (primary N) is 1. The maximum absolute atomic E-state index is 13.3. The van der Waals surface area contributed by atoms with Crippen LogP contribution < -0.4 is 16.0 Å². The number of hydrazine groups is 1. The van der Waals surface area contributed by atoms with Gasteiger partial charge in [-0.2, -0.15) is 0 Å². The van der Waals surface area contributed by atoms with E-state index in [4.69, 9.17) is 29.1 Å². The SMILES string of the molecule is CN1C2=C(CN(C(=O)c3ccc(CN)c(Cl)c3)c3ccccc3N2)CN1Cl. The van der Waals surface area contributed by atoms with Crippen LogP contribution in [0.3, 0.4) is 0 Å². The number of anilines is 2. The standard InChI is InChI=1S/C19H19Cl2N5O/c1-24-18-14(11-26(24)21)10-25(17-5-3-2-4-16(17)23-18)19(27)12-6-7-13(9-22)15(20)8-12/h2-8,23H,9-11,22H2,1H3. The lowest BCUT2D eigenvalue weighted by atomic mass is 10.1. The topological polar surface area (TPSA) is 64.8 Å². The van der Waals surface area contributed by atoms with Gasteiger partial charge in [-0.25, -0.2) is 0 Å². The second-order valence-corrected chi connectivity index (χ2v) is 7.31. The molecule has 0 spiro atoms. The number of benzene rings is 2. The monoisotopic (exact) mass is 403 g/mol. The van der Waals surface area contributed by atoms with E-state index in [1.165, 1.54) is 0 Å². The Kier molecular flexibility index (Phi) is 4.74. The first-order valence-electron chi connectivity index (χ1n) is 8.55. The minimum absolute atomic E-state index is 0.126. The lowest BCUT2D eigenvalue weighted by Crippen LogP contribution is -2.34. The lowest BCUT2D eigenvalue weighted by Gasteiger charge is -2.26. The molecule has 0 radical (unpaired) electrons. The summed E-state index contributed by atoms with van der Waals surface area (Å²) in [5, 5.41) is 5.75. The van der Waals surface area contributed by atoms with Crippen LogP contribution in [0.25, 0.3) is 0 Å². The van der Waals surface area contributed by atoms with Crippen molar-refractivity contribution in [3.8, 4) is 0 Å². The van der Waals surface area contributed by atoms with Crippen molar-refractivity contribution in [3.05, 3.63) is 70.0 Å². The number of carbonyl (C=O) groups is 1. The third-order valence-electron chi connectivity index (χ3n) is 4.87. The van der Waals surface area contributed by atoms with E-state index in [0.717, 1.165) is 28.3 Å². The molecule has 2 heterocycles. The predicted octanol–water partition coefficient (Wildman–Crippen LogP) is 3.40. The van der Waals surface area contributed by atoms with Crippen molar-refractivity contribution in [2.24, 2.45) is 5.73 Å². The van der Waals surface area contributed by atoms with Gasteiger partial charge in [-0.3, -0.25) is 9.80 Å². The van der Waals surface area contributed by atoms with Crippen LogP contribution in [0.2, 0.25) is 5.02 Å². The van der Waals surface area contributed by atoms with Crippen LogP contribution in [0.15, 0.2) is 53.9 Å². The molecule has 0 atom stereocenters. The van der Waals surface area contributed by atoms with Crippen molar-refractivity contribution in [1.29, 1.82) is 0 Å². The van der Waals surface area contributed by atoms with Crippen LogP contribution >= 0.6 is 23.4 Å². The molecule has 2 aliphatic rings. The molecular formula is C19H19Cl2N5O. The zero-order valence-corrected chi connectivity index (χ0v) is 16.3. The van der Waals surface area contributed by atoms with Gasteiger partial charge < -0.3 is 16.0 Å². The molecule has 4 rings (SSSR count). The number of nitrogens with zero attached hydrogens (tertiary/aromatic N) is 3. The number of nitrogens with one attached hydrogen (secondary N) is 1. The summed E-state index contributed by atoms with van der Waals surface area (Å²) in [6.07, 6.45) is 0. The van der Waals surface area contributed by atoms with Crippen LogP contribution in [-0.4, -0.2) is 35.6 Å². The Bertz CT molecular complexity index is 945. The fourth-order valence-electron chi connectivity index (χ4n) is 3.37. The predicted molar refractivity (Wildman–Crippen MR) is 108 cm³/mol. The van der Waals surface area contributed by atoms with Crippen LogP contribution in [0.4, 0.5) is 11.4 Å². The average molecular weight is 404 g/mol. The van der Waals surface area contributed by atoms with Crippen molar-refractivity contribution in [1.82, 2.24) is 9.54 Å². The van der Waals surface area contributed by atoms with Crippen molar-refractivity contribution < 1.29 is 4.79 Å². The van der Waals surface area contributed by atoms with Gasteiger partial charge in [0.1, 0.15) is 5.82 Å². The fraction of sp³-hybridized carbons (Fsp3) is 0.211. The first-order chi connectivity index (χ1) is 13.0. The molecule has 2 aliphatic heterocycles. The number of rotatable bonds is 2. The van der Waals surface area contributed by atoms with Gasteiger partial charge in [0, 0.05) is 41.5 Å². The van der Waals surface area contributed by atoms with Crippen molar-refractivity contribution >= 4 is 40.7 Å². The van der Waals surface area contributed by atoms with Crippen LogP contribution in [-0.2, 0) is 6.54 Å². The number of para-hydroxylation sites is 2. The molecule has 6 nitrogen and oxygen atoms in total. The number of hydrogen-bond donors (Lipinski definition) is 2. The van der Waals surface area contributed by atoms with Crippen LogP contribution in [0.5, 0.6) is 0 Å². The molecule has 1 amide bonds. The minimum Gasteiger partial charge on any atom is -0.339 e. The van der Waals surface area contributed by atoms with Gasteiger partial charge >= 0.3 is 0 Å². The summed E-state index contributed by atoms with van der Waals surface area (Å²) in [6, 6.07) is 13.0. The second-order valence-electron chi connectivity index (χ2n) is 6.51. The van der Waals surface area contributed by atoms with Gasteiger partial charge in [0.15, 0.2) is 0 Å². The quantitative estimate of drug-likeness (QED) is 0.752. The Morgan fingerprint density at radius 2 is 2.00 bits per heavy atom. The first-order valence-corrected chi connectivity index (χ1v) is 9.26. The summed E-state index contributed by atoms with van der Waals surface area (Å²) >= 11 is 12.5. The fourth-order valence-corrected chi connectivity index (χ4v) is 3.85. The molecule has 2 aromatic carbocycles. The molecule has 27 heavy (non-hydrogen) atoms. The second kappa shape index (κ2) is 7.05. The summed E-state index contributed by atoms with van der Waals surface area (Å²) in [6.45, 7) is 1.30. The zero-order valence-electron chi connectivity index (χ0n) is 14.7. The molecule has 0 saturated heterocycles. The Morgan fingerprint density at radius 3 is 2.74 bits per heavy atom. The van der Waals surface area contributed by atoms with Crippen LogP contribution in [0.1, 0.15) is 15.9 Å². The molecule has 0 saturated carbocycles. The highest BCUT2D eigenvalue weighted by atomic mass is 35.5. The Morgan fingerprint density at radius 1 is 1.22 bits per heavy atom. The summed E-state index contributed by atoms with van der Waals surface area (Å²) in [5.41, 5.74) is 9.69. The molecular weight excluding hydrogens is 385 g/mol. The van der Waals surface area contributed by atoms with E-state index in [2.05, 4.69) is 5.32 Å². The van der Waals surface area contributed by atoms with E-state index in [-0.39, 0.29) is 5.91 Å². The van der Waals surface area contributed by atoms with Crippen molar-refractivity contribution in [2.75, 3.05) is 30.4 Å². The van der Waals surface area contributed by atoms with Gasteiger partial charge in [0.05, 0.1) is 24.5 Å². The van der Waals surface area contributed by atoms with E-state index in [1.54, 1.807) is 27.6 Å². The summed E-state index contributed by atoms with van der Waals surface area (Å²) in [5.74, 6) is 0.767. The van der Waals surface area contributed by atoms with E-state index >= 15 is 0 Å². The molecule has 0 aliphatic carbocycles. The maximum atomic E-state index is 13.3. The van der Waals surface area contributed by atoms with E-state index in [1.807, 2.05) is 36.3 Å². The molecule has 0 fully saturated rings. The van der Waals surface area contributed by atoms with E-state index in [9.17, 15) is 4.79 Å². The number of fused-ring (bicyclic) bond motifs is 1. The highest BCUT2D eigenvalue weighted by Crippen LogP contribution is 2.36. The van der Waals surface area contributed by atoms with Crippen molar-refractivity contribution in [3.63, 3.8) is 0 Å². The summed E-state index contributed by atoms with van der Waals surface area (Å²) < 4.78 is 1.58. The Balaban J connectivity index is 1.76. The maximum Gasteiger partial charge on any atom is 0.258 e. The largest absolute Gasteiger partial charge is 0.339 e. The van der Waals surface area contributed by atoms with Crippen molar-refractivity contribution in [2.45, 2.75) is 6.54 Å². The average Bonchev–Trinajstić information content (AvgIpc) is 2.84. The molecule has 0 aromatic heterocycles. The highest BCUT2D eigenvalue weighted by molar-refractivity contribution is 6.31. The third kappa shape index (κ3) is 3.15. The first kappa shape index (κ1) is 18.1. The van der Waals surface area contributed by atoms with E-state index < -0.39 is 0 Å². The normalized spacial score (nSPS) is 16.7. The van der Waals surface area contributed by atoms with Gasteiger partial charge in [0.2, 0.25) is 0 Å². The number of amides is 1. The lowest BCUT2D eigenvalue weighted by molar-refractivity contribution is 0.0989. The zero-order chi connectivity index (χ0) is 19.1. The third-order valence-corrected chi connectivity index (χ3v) is 5.57. The molecule has 0 unspecified atom stereocenters. The molecule has 8 heteroatoms. The van der Waals surface area contributed by atoms with Gasteiger partial charge in [-0.1, -0.05) is 29.8 Å². The van der Waals surface area contributed by atoms with Gasteiger partial charge in [-0.05, 0) is 29.8 Å². The summed E-state index contributed by atoms with van der Waals surface area (Å²) in [4.78, 5) is 15.1. The summed E-state index contributed by atoms with van der Waals surface area (Å²) in [7, 11) is 1.88. The highest BCUT2D eigenvalue weighted by Gasteiger charge is 2.33. The molecule has 3 N–H and O–H groups in total. The molecule has 2 aromatic rings. The molecule has 140 valence electrons. The van der Waals surface area contributed by atoms with Gasteiger partial charge in [-0.15, -0.1) is 4.53 Å². The smallest absolute Gasteiger partial charge is 0.258 e. The van der Waals surface area contributed by atoms with Crippen LogP contribution in [0, 0.1) is 0 Å². The Labute approximate surface area is 167 Å². The number of hydrogen-bond acceptors (Lipinski definition) is 5. The van der Waals surface area contributed by atoms with E-state index in [0.29, 0.717) is 30.2 Å².